The lowest BCUT2D eigenvalue weighted by Gasteiger charge is -2.15. The van der Waals surface area contributed by atoms with Gasteiger partial charge in [0.25, 0.3) is 11.8 Å². The van der Waals surface area contributed by atoms with Gasteiger partial charge in [-0.15, -0.1) is 0 Å². The van der Waals surface area contributed by atoms with Crippen LogP contribution in [0.3, 0.4) is 0 Å². The fourth-order valence-electron chi connectivity index (χ4n) is 3.44. The zero-order valence-corrected chi connectivity index (χ0v) is 18.5. The zero-order chi connectivity index (χ0) is 24.1. The van der Waals surface area contributed by atoms with E-state index in [0.29, 0.717) is 16.8 Å². The van der Waals surface area contributed by atoms with Gasteiger partial charge in [0.15, 0.2) is 0 Å². The van der Waals surface area contributed by atoms with E-state index in [1.54, 1.807) is 42.6 Å². The van der Waals surface area contributed by atoms with Crippen LogP contribution in [0.4, 0.5) is 5.69 Å². The van der Waals surface area contributed by atoms with Gasteiger partial charge in [-0.1, -0.05) is 41.9 Å². The lowest BCUT2D eigenvalue weighted by molar-refractivity contribution is -0.139. The molecule has 4 rings (SSSR count). The lowest BCUT2D eigenvalue weighted by Crippen LogP contribution is -2.42. The monoisotopic (exact) mass is 474 g/mol. The summed E-state index contributed by atoms with van der Waals surface area (Å²) in [7, 11) is 0. The number of hydrogen-bond acceptors (Lipinski definition) is 5. The Kier molecular flexibility index (Phi) is 6.79. The third-order valence-corrected chi connectivity index (χ3v) is 5.45. The number of carboxylic acid groups (broad SMARTS) is 1. The average molecular weight is 475 g/mol. The molecule has 8 nitrogen and oxygen atoms in total. The SMILES string of the molecule is O=C(NC(Cc1ccc(NC(=O)c2ccnc3ccccc23)cc1)C(=O)O)c1cccnc1Cl. The van der Waals surface area contributed by atoms with E-state index < -0.39 is 17.9 Å². The molecule has 1 atom stereocenters. The summed E-state index contributed by atoms with van der Waals surface area (Å²) in [5.74, 6) is -2.09. The van der Waals surface area contributed by atoms with Gasteiger partial charge < -0.3 is 15.7 Å². The van der Waals surface area contributed by atoms with Crippen LogP contribution in [0.25, 0.3) is 10.9 Å². The number of benzene rings is 2. The number of carboxylic acids is 1. The Labute approximate surface area is 199 Å². The van der Waals surface area contributed by atoms with Crippen LogP contribution in [0.2, 0.25) is 5.15 Å². The number of fused-ring (bicyclic) bond motifs is 1. The van der Waals surface area contributed by atoms with Crippen LogP contribution in [0.5, 0.6) is 0 Å². The number of aliphatic carboxylic acids is 1. The summed E-state index contributed by atoms with van der Waals surface area (Å²) in [6.45, 7) is 0. The lowest BCUT2D eigenvalue weighted by atomic mass is 10.0. The molecule has 0 fully saturated rings. The summed E-state index contributed by atoms with van der Waals surface area (Å²) in [5, 5.41) is 15.6. The molecule has 34 heavy (non-hydrogen) atoms. The minimum atomic E-state index is -1.18. The third kappa shape index (κ3) is 5.19. The smallest absolute Gasteiger partial charge is 0.326 e. The average Bonchev–Trinajstić information content (AvgIpc) is 2.84. The number of pyridine rings is 2. The normalized spacial score (nSPS) is 11.6. The van der Waals surface area contributed by atoms with Gasteiger partial charge in [-0.2, -0.15) is 0 Å². The molecule has 0 spiro atoms. The third-order valence-electron chi connectivity index (χ3n) is 5.15. The van der Waals surface area contributed by atoms with Crippen molar-refractivity contribution in [2.75, 3.05) is 5.32 Å². The highest BCUT2D eigenvalue weighted by molar-refractivity contribution is 6.32. The Hall–Kier alpha value is -4.30. The van der Waals surface area contributed by atoms with Crippen molar-refractivity contribution in [2.45, 2.75) is 12.5 Å². The molecule has 0 bridgehead atoms. The maximum Gasteiger partial charge on any atom is 0.326 e. The fourth-order valence-corrected chi connectivity index (χ4v) is 3.65. The predicted molar refractivity (Wildman–Crippen MR) is 128 cm³/mol. The van der Waals surface area contributed by atoms with E-state index in [-0.39, 0.29) is 23.0 Å². The van der Waals surface area contributed by atoms with E-state index in [1.165, 1.54) is 12.3 Å². The largest absolute Gasteiger partial charge is 0.480 e. The number of amides is 2. The number of nitrogens with zero attached hydrogens (tertiary/aromatic N) is 2. The van der Waals surface area contributed by atoms with Gasteiger partial charge in [-0.25, -0.2) is 9.78 Å². The molecular weight excluding hydrogens is 456 g/mol. The second-order valence-electron chi connectivity index (χ2n) is 7.44. The second-order valence-corrected chi connectivity index (χ2v) is 7.79. The van der Waals surface area contributed by atoms with Crippen LogP contribution < -0.4 is 10.6 Å². The van der Waals surface area contributed by atoms with Gasteiger partial charge in [-0.05, 0) is 42.0 Å². The second kappa shape index (κ2) is 10.1. The Morgan fingerprint density at radius 1 is 0.853 bits per heavy atom. The van der Waals surface area contributed by atoms with Crippen molar-refractivity contribution < 1.29 is 19.5 Å². The molecule has 2 heterocycles. The quantitative estimate of drug-likeness (QED) is 0.348. The minimum absolute atomic E-state index is 0.00814. The fraction of sp³-hybridized carbons (Fsp3) is 0.0800. The standard InChI is InChI=1S/C25H19ClN4O4/c26-22-19(5-3-12-28-22)24(32)30-21(25(33)34)14-15-7-9-16(10-8-15)29-23(31)18-11-13-27-20-6-2-1-4-17(18)20/h1-13,21H,14H2,(H,29,31)(H,30,32)(H,33,34). The first-order valence-electron chi connectivity index (χ1n) is 10.3. The van der Waals surface area contributed by atoms with Gasteiger partial charge in [-0.3, -0.25) is 14.6 Å². The summed E-state index contributed by atoms with van der Waals surface area (Å²) in [5.41, 5.74) is 2.53. The van der Waals surface area contributed by atoms with Crippen molar-refractivity contribution in [3.05, 3.63) is 101 Å². The molecule has 2 aromatic carbocycles. The number of para-hydroxylation sites is 1. The van der Waals surface area contributed by atoms with Crippen molar-refractivity contribution >= 4 is 46.0 Å². The predicted octanol–water partition coefficient (Wildman–Crippen LogP) is 3.96. The van der Waals surface area contributed by atoms with Crippen molar-refractivity contribution in [2.24, 2.45) is 0 Å². The van der Waals surface area contributed by atoms with Crippen molar-refractivity contribution in [1.82, 2.24) is 15.3 Å². The van der Waals surface area contributed by atoms with Gasteiger partial charge >= 0.3 is 5.97 Å². The highest BCUT2D eigenvalue weighted by Gasteiger charge is 2.22. The first-order valence-corrected chi connectivity index (χ1v) is 10.7. The molecule has 0 saturated carbocycles. The Morgan fingerprint density at radius 3 is 2.35 bits per heavy atom. The van der Waals surface area contributed by atoms with Crippen molar-refractivity contribution in [3.63, 3.8) is 0 Å². The number of rotatable bonds is 7. The molecule has 1 unspecified atom stereocenters. The molecule has 4 aromatic rings. The Balaban J connectivity index is 1.44. The summed E-state index contributed by atoms with van der Waals surface area (Å²) in [6, 6.07) is 17.6. The van der Waals surface area contributed by atoms with E-state index in [1.807, 2.05) is 24.3 Å². The summed E-state index contributed by atoms with van der Waals surface area (Å²) < 4.78 is 0. The van der Waals surface area contributed by atoms with Crippen LogP contribution in [0.15, 0.2) is 79.1 Å². The number of carbonyl (C=O) groups excluding carboxylic acids is 2. The molecule has 170 valence electrons. The first kappa shape index (κ1) is 22.9. The molecule has 0 aliphatic rings. The number of hydrogen-bond donors (Lipinski definition) is 3. The van der Waals surface area contributed by atoms with Crippen LogP contribution in [0, 0.1) is 0 Å². The Morgan fingerprint density at radius 2 is 1.62 bits per heavy atom. The van der Waals surface area contributed by atoms with E-state index >= 15 is 0 Å². The first-order chi connectivity index (χ1) is 16.4. The highest BCUT2D eigenvalue weighted by Crippen LogP contribution is 2.19. The zero-order valence-electron chi connectivity index (χ0n) is 17.7. The van der Waals surface area contributed by atoms with Crippen LogP contribution in [0.1, 0.15) is 26.3 Å². The summed E-state index contributed by atoms with van der Waals surface area (Å²) >= 11 is 5.92. The number of aromatic nitrogens is 2. The molecular formula is C25H19ClN4O4. The minimum Gasteiger partial charge on any atom is -0.480 e. The van der Waals surface area contributed by atoms with E-state index in [4.69, 9.17) is 11.6 Å². The molecule has 0 radical (unpaired) electrons. The van der Waals surface area contributed by atoms with Crippen LogP contribution in [-0.4, -0.2) is 38.9 Å². The Bertz CT molecular complexity index is 1370. The molecule has 0 aliphatic carbocycles. The molecule has 3 N–H and O–H groups in total. The van der Waals surface area contributed by atoms with Gasteiger partial charge in [0, 0.05) is 29.9 Å². The highest BCUT2D eigenvalue weighted by atomic mass is 35.5. The van der Waals surface area contributed by atoms with Crippen LogP contribution >= 0.6 is 11.6 Å². The number of nitrogens with one attached hydrogen (secondary N) is 2. The van der Waals surface area contributed by atoms with Gasteiger partial charge in [0.2, 0.25) is 0 Å². The molecule has 0 aliphatic heterocycles. The molecule has 9 heteroatoms. The van der Waals surface area contributed by atoms with E-state index in [9.17, 15) is 19.5 Å². The number of carbonyl (C=O) groups is 3. The summed E-state index contributed by atoms with van der Waals surface area (Å²) in [4.78, 5) is 45.0. The molecule has 2 amide bonds. The number of anilines is 1. The molecule has 0 saturated heterocycles. The maximum atomic E-state index is 12.8. The summed E-state index contributed by atoms with van der Waals surface area (Å²) in [6.07, 6.45) is 3.06. The number of halogens is 1. The van der Waals surface area contributed by atoms with Gasteiger partial charge in [0.1, 0.15) is 11.2 Å². The van der Waals surface area contributed by atoms with Gasteiger partial charge in [0.05, 0.1) is 16.6 Å². The van der Waals surface area contributed by atoms with E-state index in [2.05, 4.69) is 20.6 Å². The van der Waals surface area contributed by atoms with Crippen molar-refractivity contribution in [1.29, 1.82) is 0 Å². The molecule has 2 aromatic heterocycles. The maximum absolute atomic E-state index is 12.8. The van der Waals surface area contributed by atoms with Crippen LogP contribution in [-0.2, 0) is 11.2 Å². The van der Waals surface area contributed by atoms with E-state index in [0.717, 1.165) is 10.9 Å². The topological polar surface area (TPSA) is 121 Å². The van der Waals surface area contributed by atoms with Crippen molar-refractivity contribution in [3.8, 4) is 0 Å².